The molecule has 0 spiro atoms. The second-order valence-corrected chi connectivity index (χ2v) is 4.11. The molecule has 0 fully saturated rings. The highest BCUT2D eigenvalue weighted by Crippen LogP contribution is 2.25. The van der Waals surface area contributed by atoms with Crippen molar-refractivity contribution in [2.24, 2.45) is 0 Å². The first-order valence-electron chi connectivity index (χ1n) is 4.67. The maximum Gasteiger partial charge on any atom is 0.145 e. The number of pyridine rings is 1. The lowest BCUT2D eigenvalue weighted by molar-refractivity contribution is 0.474. The molecule has 0 aliphatic heterocycles. The van der Waals surface area contributed by atoms with Crippen LogP contribution in [0.4, 0.5) is 4.39 Å². The smallest absolute Gasteiger partial charge is 0.145 e. The molecule has 0 aliphatic rings. The molecule has 0 N–H and O–H groups in total. The molecular weight excluding hydrogens is 287 g/mol. The largest absolute Gasteiger partial charge is 0.456 e. The quantitative estimate of drug-likeness (QED) is 0.849. The fourth-order valence-electron chi connectivity index (χ4n) is 1.23. The van der Waals surface area contributed by atoms with Crippen LogP contribution in [0.15, 0.2) is 41.0 Å². The van der Waals surface area contributed by atoms with Crippen LogP contribution in [-0.4, -0.2) is 4.98 Å². The molecule has 0 amide bonds. The van der Waals surface area contributed by atoms with E-state index >= 15 is 0 Å². The highest BCUT2D eigenvalue weighted by Gasteiger charge is 2.02. The molecule has 0 saturated carbocycles. The molecular formula is C12H6BrFN2O. The second kappa shape index (κ2) is 4.93. The minimum absolute atomic E-state index is 0.303. The van der Waals surface area contributed by atoms with E-state index in [1.165, 1.54) is 24.4 Å². The molecule has 0 aliphatic carbocycles. The van der Waals surface area contributed by atoms with E-state index in [9.17, 15) is 4.39 Å². The van der Waals surface area contributed by atoms with E-state index in [1.807, 2.05) is 6.07 Å². The third-order valence-corrected chi connectivity index (χ3v) is 2.38. The normalized spacial score (nSPS) is 9.71. The van der Waals surface area contributed by atoms with E-state index < -0.39 is 5.82 Å². The van der Waals surface area contributed by atoms with Gasteiger partial charge in [0.05, 0.1) is 6.20 Å². The van der Waals surface area contributed by atoms with Gasteiger partial charge in [0.2, 0.25) is 0 Å². The Hall–Kier alpha value is -1.93. The fraction of sp³-hybridized carbons (Fsp3) is 0. The van der Waals surface area contributed by atoms with Gasteiger partial charge < -0.3 is 4.74 Å². The van der Waals surface area contributed by atoms with Crippen molar-refractivity contribution < 1.29 is 9.13 Å². The minimum Gasteiger partial charge on any atom is -0.456 e. The van der Waals surface area contributed by atoms with Gasteiger partial charge in [-0.25, -0.2) is 9.37 Å². The van der Waals surface area contributed by atoms with Crippen molar-refractivity contribution in [2.45, 2.75) is 0 Å². The molecule has 0 saturated heterocycles. The Labute approximate surface area is 106 Å². The number of ether oxygens (including phenoxy) is 1. The highest BCUT2D eigenvalue weighted by molar-refractivity contribution is 9.10. The van der Waals surface area contributed by atoms with Gasteiger partial charge in [-0.1, -0.05) is 15.9 Å². The van der Waals surface area contributed by atoms with Crippen molar-refractivity contribution >= 4 is 15.9 Å². The average Bonchev–Trinajstić information content (AvgIpc) is 2.28. The summed E-state index contributed by atoms with van der Waals surface area (Å²) in [4.78, 5) is 3.85. The van der Waals surface area contributed by atoms with Gasteiger partial charge in [-0.3, -0.25) is 0 Å². The van der Waals surface area contributed by atoms with Crippen molar-refractivity contribution in [2.75, 3.05) is 0 Å². The molecule has 5 heteroatoms. The van der Waals surface area contributed by atoms with Crippen LogP contribution in [0.25, 0.3) is 0 Å². The summed E-state index contributed by atoms with van der Waals surface area (Å²) in [7, 11) is 0. The lowest BCUT2D eigenvalue weighted by Gasteiger charge is -2.05. The summed E-state index contributed by atoms with van der Waals surface area (Å²) in [5, 5.41) is 8.58. The molecule has 3 nitrogen and oxygen atoms in total. The summed E-state index contributed by atoms with van der Waals surface area (Å²) in [6.07, 6.45) is 1.41. The van der Waals surface area contributed by atoms with Gasteiger partial charge in [-0.15, -0.1) is 0 Å². The molecule has 84 valence electrons. The SMILES string of the molecule is N#Cc1ccc(Oc2cc(F)cc(Br)c2)cn1. The molecule has 0 bridgehead atoms. The van der Waals surface area contributed by atoms with Crippen molar-refractivity contribution in [3.8, 4) is 17.6 Å². The summed E-state index contributed by atoms with van der Waals surface area (Å²) < 4.78 is 19.1. The van der Waals surface area contributed by atoms with Gasteiger partial charge in [0.25, 0.3) is 0 Å². The maximum atomic E-state index is 13.1. The van der Waals surface area contributed by atoms with Crippen molar-refractivity contribution in [3.63, 3.8) is 0 Å². The first-order valence-corrected chi connectivity index (χ1v) is 5.47. The van der Waals surface area contributed by atoms with Crippen LogP contribution >= 0.6 is 15.9 Å². The zero-order valence-electron chi connectivity index (χ0n) is 8.52. The van der Waals surface area contributed by atoms with E-state index in [-0.39, 0.29) is 0 Å². The van der Waals surface area contributed by atoms with E-state index in [2.05, 4.69) is 20.9 Å². The van der Waals surface area contributed by atoms with E-state index in [4.69, 9.17) is 10.00 Å². The number of hydrogen-bond donors (Lipinski definition) is 0. The Bertz CT molecular complexity index is 558. The number of benzene rings is 1. The lowest BCUT2D eigenvalue weighted by Crippen LogP contribution is -1.88. The summed E-state index contributed by atoms with van der Waals surface area (Å²) in [5.74, 6) is 0.417. The molecule has 17 heavy (non-hydrogen) atoms. The zero-order valence-corrected chi connectivity index (χ0v) is 10.1. The lowest BCUT2D eigenvalue weighted by atomic mass is 10.3. The van der Waals surface area contributed by atoms with Crippen LogP contribution in [0.5, 0.6) is 11.5 Å². The van der Waals surface area contributed by atoms with Gasteiger partial charge >= 0.3 is 0 Å². The second-order valence-electron chi connectivity index (χ2n) is 3.20. The van der Waals surface area contributed by atoms with Crippen LogP contribution in [0.1, 0.15) is 5.69 Å². The minimum atomic E-state index is -0.393. The first kappa shape index (κ1) is 11.6. The highest BCUT2D eigenvalue weighted by atomic mass is 79.9. The standard InChI is InChI=1S/C12H6BrFN2O/c13-8-3-9(14)5-12(4-8)17-11-2-1-10(6-15)16-7-11/h1-5,7H. The molecule has 2 aromatic rings. The van der Waals surface area contributed by atoms with E-state index in [0.29, 0.717) is 21.7 Å². The van der Waals surface area contributed by atoms with E-state index in [0.717, 1.165) is 0 Å². The number of nitriles is 1. The molecule has 0 unspecified atom stereocenters. The van der Waals surface area contributed by atoms with Gasteiger partial charge in [0.15, 0.2) is 0 Å². The van der Waals surface area contributed by atoms with Crippen LogP contribution in [0.3, 0.4) is 0 Å². The predicted octanol–water partition coefficient (Wildman–Crippen LogP) is 3.65. The number of rotatable bonds is 2. The number of halogens is 2. The van der Waals surface area contributed by atoms with Crippen LogP contribution in [0, 0.1) is 17.1 Å². The zero-order chi connectivity index (χ0) is 12.3. The first-order chi connectivity index (χ1) is 8.17. The molecule has 0 atom stereocenters. The number of nitrogens with zero attached hydrogens (tertiary/aromatic N) is 2. The summed E-state index contributed by atoms with van der Waals surface area (Å²) in [6.45, 7) is 0. The molecule has 1 aromatic carbocycles. The van der Waals surface area contributed by atoms with E-state index in [1.54, 1.807) is 12.1 Å². The predicted molar refractivity (Wildman–Crippen MR) is 63.1 cm³/mol. The molecule has 2 rings (SSSR count). The summed E-state index contributed by atoms with van der Waals surface area (Å²) in [6, 6.07) is 9.28. The Morgan fingerprint density at radius 1 is 1.24 bits per heavy atom. The number of hydrogen-bond acceptors (Lipinski definition) is 3. The van der Waals surface area contributed by atoms with Gasteiger partial charge in [-0.05, 0) is 24.3 Å². The summed E-state index contributed by atoms with van der Waals surface area (Å²) >= 11 is 3.17. The van der Waals surface area contributed by atoms with Crippen molar-refractivity contribution in [1.29, 1.82) is 5.26 Å². The van der Waals surface area contributed by atoms with Crippen LogP contribution in [-0.2, 0) is 0 Å². The summed E-state index contributed by atoms with van der Waals surface area (Å²) in [5.41, 5.74) is 0.303. The Balaban J connectivity index is 2.22. The van der Waals surface area contributed by atoms with Crippen LogP contribution in [0.2, 0.25) is 0 Å². The topological polar surface area (TPSA) is 45.9 Å². The Kier molecular flexibility index (Phi) is 3.35. The average molecular weight is 293 g/mol. The third kappa shape index (κ3) is 3.02. The third-order valence-electron chi connectivity index (χ3n) is 1.92. The maximum absolute atomic E-state index is 13.1. The Morgan fingerprint density at radius 2 is 2.06 bits per heavy atom. The van der Waals surface area contributed by atoms with Gasteiger partial charge in [-0.2, -0.15) is 5.26 Å². The molecule has 1 aromatic heterocycles. The van der Waals surface area contributed by atoms with Gasteiger partial charge in [0.1, 0.15) is 29.1 Å². The monoisotopic (exact) mass is 292 g/mol. The molecule has 0 radical (unpaired) electrons. The number of aromatic nitrogens is 1. The molecule has 1 heterocycles. The van der Waals surface area contributed by atoms with Crippen molar-refractivity contribution in [1.82, 2.24) is 4.98 Å². The van der Waals surface area contributed by atoms with Crippen molar-refractivity contribution in [3.05, 3.63) is 52.5 Å². The Morgan fingerprint density at radius 3 is 2.65 bits per heavy atom. The van der Waals surface area contributed by atoms with Crippen LogP contribution < -0.4 is 4.74 Å². The fourth-order valence-corrected chi connectivity index (χ4v) is 1.67. The van der Waals surface area contributed by atoms with Gasteiger partial charge in [0, 0.05) is 10.5 Å².